The lowest BCUT2D eigenvalue weighted by molar-refractivity contribution is 0.904. The molecule has 2 N–H and O–H groups in total. The van der Waals surface area contributed by atoms with Gasteiger partial charge >= 0.3 is 0 Å². The topological polar surface area (TPSA) is 97.2 Å². The smallest absolute Gasteiger partial charge is 0.160 e. The van der Waals surface area contributed by atoms with Crippen LogP contribution in [0.25, 0.3) is 16.9 Å². The van der Waals surface area contributed by atoms with E-state index in [-0.39, 0.29) is 0 Å². The molecule has 8 nitrogen and oxygen atoms in total. The lowest BCUT2D eigenvalue weighted by Crippen LogP contribution is -2.08. The summed E-state index contributed by atoms with van der Waals surface area (Å²) in [5.41, 5.74) is 1.75. The van der Waals surface area contributed by atoms with Crippen molar-refractivity contribution in [2.75, 3.05) is 5.32 Å². The van der Waals surface area contributed by atoms with Crippen molar-refractivity contribution < 1.29 is 0 Å². The Morgan fingerprint density at radius 1 is 1.17 bits per heavy atom. The third-order valence-electron chi connectivity index (χ3n) is 3.62. The minimum Gasteiger partial charge on any atom is -0.365 e. The molecule has 0 amide bonds. The quantitative estimate of drug-likeness (QED) is 0.597. The highest BCUT2D eigenvalue weighted by Crippen LogP contribution is 2.19. The number of H-pyrrole nitrogens is 1. The van der Waals surface area contributed by atoms with Gasteiger partial charge in [-0.05, 0) is 13.0 Å². The first-order valence-electron chi connectivity index (χ1n) is 7.15. The Morgan fingerprint density at radius 3 is 3.00 bits per heavy atom. The van der Waals surface area contributed by atoms with Crippen LogP contribution in [0, 0.1) is 6.92 Å². The zero-order valence-corrected chi connectivity index (χ0v) is 12.4. The van der Waals surface area contributed by atoms with Gasteiger partial charge in [-0.1, -0.05) is 6.07 Å². The van der Waals surface area contributed by atoms with E-state index in [4.69, 9.17) is 0 Å². The number of anilines is 1. The van der Waals surface area contributed by atoms with E-state index in [0.717, 1.165) is 28.4 Å². The molecule has 0 aliphatic heterocycles. The van der Waals surface area contributed by atoms with E-state index in [1.165, 1.54) is 6.33 Å². The van der Waals surface area contributed by atoms with E-state index in [1.54, 1.807) is 18.6 Å². The fraction of sp³-hybridized carbons (Fsp3) is 0.133. The van der Waals surface area contributed by atoms with Crippen LogP contribution in [0.4, 0.5) is 5.82 Å². The molecule has 0 saturated heterocycles. The van der Waals surface area contributed by atoms with Crippen LogP contribution in [-0.2, 0) is 6.54 Å². The van der Waals surface area contributed by atoms with Crippen molar-refractivity contribution in [2.24, 2.45) is 0 Å². The second-order valence-corrected chi connectivity index (χ2v) is 5.04. The summed E-state index contributed by atoms with van der Waals surface area (Å²) in [5.74, 6) is 2.48. The van der Waals surface area contributed by atoms with E-state index >= 15 is 0 Å². The maximum Gasteiger partial charge on any atom is 0.160 e. The molecule has 4 aromatic rings. The molecule has 0 bridgehead atoms. The lowest BCUT2D eigenvalue weighted by atomic mass is 10.2. The molecular weight excluding hydrogens is 292 g/mol. The van der Waals surface area contributed by atoms with Gasteiger partial charge < -0.3 is 5.32 Å². The summed E-state index contributed by atoms with van der Waals surface area (Å²) in [5, 5.41) is 11.0. The van der Waals surface area contributed by atoms with Crippen LogP contribution in [0.15, 0.2) is 43.2 Å². The first-order valence-corrected chi connectivity index (χ1v) is 7.15. The number of rotatable bonds is 4. The molecular formula is C15H14N8. The standard InChI is InChI=1S/C15H14N8/c1-10-16-5-6-23(10)15-11(3-2-4-17-15)7-18-13-12-8-21-22-14(12)20-9-19-13/h2-6,8-9H,7H2,1H3,(H2,18,19,20,21,22). The Bertz CT molecular complexity index is 955. The summed E-state index contributed by atoms with van der Waals surface area (Å²) in [6.07, 6.45) is 8.66. The van der Waals surface area contributed by atoms with Crippen molar-refractivity contribution in [3.05, 3.63) is 54.6 Å². The molecule has 4 aromatic heterocycles. The SMILES string of the molecule is Cc1nccn1-c1ncccc1CNc1ncnc2[nH]ncc12. The maximum atomic E-state index is 4.48. The fourth-order valence-electron chi connectivity index (χ4n) is 2.47. The zero-order chi connectivity index (χ0) is 15.6. The highest BCUT2D eigenvalue weighted by atomic mass is 15.2. The molecule has 0 aromatic carbocycles. The summed E-state index contributed by atoms with van der Waals surface area (Å²) in [4.78, 5) is 17.1. The average Bonchev–Trinajstić information content (AvgIpc) is 3.22. The van der Waals surface area contributed by atoms with Crippen LogP contribution < -0.4 is 5.32 Å². The second kappa shape index (κ2) is 5.48. The van der Waals surface area contributed by atoms with Crippen LogP contribution in [-0.4, -0.2) is 34.7 Å². The van der Waals surface area contributed by atoms with Crippen molar-refractivity contribution in [1.29, 1.82) is 0 Å². The number of hydrogen-bond donors (Lipinski definition) is 2. The summed E-state index contributed by atoms with van der Waals surface area (Å²) < 4.78 is 1.96. The summed E-state index contributed by atoms with van der Waals surface area (Å²) in [7, 11) is 0. The predicted molar refractivity (Wildman–Crippen MR) is 85.1 cm³/mol. The molecule has 0 unspecified atom stereocenters. The van der Waals surface area contributed by atoms with Gasteiger partial charge in [0.15, 0.2) is 5.65 Å². The van der Waals surface area contributed by atoms with Gasteiger partial charge in [-0.15, -0.1) is 0 Å². The highest BCUT2D eigenvalue weighted by molar-refractivity contribution is 5.85. The number of aryl methyl sites for hydroxylation is 1. The van der Waals surface area contributed by atoms with Crippen molar-refractivity contribution in [3.8, 4) is 5.82 Å². The number of nitrogens with one attached hydrogen (secondary N) is 2. The Hall–Kier alpha value is -3.29. The number of nitrogens with zero attached hydrogens (tertiary/aromatic N) is 6. The van der Waals surface area contributed by atoms with Crippen molar-refractivity contribution >= 4 is 16.9 Å². The first-order chi connectivity index (χ1) is 11.3. The van der Waals surface area contributed by atoms with E-state index in [2.05, 4.69) is 35.5 Å². The Labute approximate surface area is 131 Å². The number of imidazole rings is 1. The monoisotopic (exact) mass is 306 g/mol. The zero-order valence-electron chi connectivity index (χ0n) is 12.4. The van der Waals surface area contributed by atoms with Crippen molar-refractivity contribution in [1.82, 2.24) is 34.7 Å². The van der Waals surface area contributed by atoms with Crippen LogP contribution in [0.2, 0.25) is 0 Å². The van der Waals surface area contributed by atoms with Gasteiger partial charge in [0.1, 0.15) is 23.8 Å². The number of fused-ring (bicyclic) bond motifs is 1. The van der Waals surface area contributed by atoms with E-state index in [9.17, 15) is 0 Å². The molecule has 4 rings (SSSR count). The second-order valence-electron chi connectivity index (χ2n) is 5.04. The summed E-state index contributed by atoms with van der Waals surface area (Å²) >= 11 is 0. The molecule has 8 heteroatoms. The number of hydrogen-bond acceptors (Lipinski definition) is 6. The maximum absolute atomic E-state index is 4.48. The molecule has 0 atom stereocenters. The normalized spacial score (nSPS) is 11.0. The Kier molecular flexibility index (Phi) is 3.19. The van der Waals surface area contributed by atoms with E-state index in [1.807, 2.05) is 29.8 Å². The van der Waals surface area contributed by atoms with Crippen LogP contribution >= 0.6 is 0 Å². The minimum absolute atomic E-state index is 0.581. The molecule has 0 radical (unpaired) electrons. The predicted octanol–water partition coefficient (Wildman–Crippen LogP) is 1.85. The molecule has 0 aliphatic rings. The van der Waals surface area contributed by atoms with Crippen LogP contribution in [0.5, 0.6) is 0 Å². The largest absolute Gasteiger partial charge is 0.365 e. The first kappa shape index (κ1) is 13.4. The average molecular weight is 306 g/mol. The third kappa shape index (κ3) is 2.39. The van der Waals surface area contributed by atoms with Gasteiger partial charge in [-0.3, -0.25) is 9.67 Å². The van der Waals surface area contributed by atoms with Gasteiger partial charge in [-0.25, -0.2) is 19.9 Å². The van der Waals surface area contributed by atoms with E-state index in [0.29, 0.717) is 12.2 Å². The van der Waals surface area contributed by atoms with Gasteiger partial charge in [0.2, 0.25) is 0 Å². The Balaban J connectivity index is 1.65. The molecule has 0 aliphatic carbocycles. The van der Waals surface area contributed by atoms with Gasteiger partial charge in [0.25, 0.3) is 0 Å². The number of aromatic nitrogens is 7. The third-order valence-corrected chi connectivity index (χ3v) is 3.62. The number of pyridine rings is 1. The Morgan fingerprint density at radius 2 is 2.13 bits per heavy atom. The molecule has 23 heavy (non-hydrogen) atoms. The molecule has 4 heterocycles. The van der Waals surface area contributed by atoms with Gasteiger partial charge in [0, 0.05) is 30.7 Å². The highest BCUT2D eigenvalue weighted by Gasteiger charge is 2.10. The molecule has 0 spiro atoms. The summed E-state index contributed by atoms with van der Waals surface area (Å²) in [6.45, 7) is 2.53. The van der Waals surface area contributed by atoms with Crippen molar-refractivity contribution in [2.45, 2.75) is 13.5 Å². The van der Waals surface area contributed by atoms with Crippen molar-refractivity contribution in [3.63, 3.8) is 0 Å². The molecule has 0 fully saturated rings. The molecule has 0 saturated carbocycles. The molecule has 114 valence electrons. The van der Waals surface area contributed by atoms with Crippen LogP contribution in [0.3, 0.4) is 0 Å². The lowest BCUT2D eigenvalue weighted by Gasteiger charge is -2.12. The summed E-state index contributed by atoms with van der Waals surface area (Å²) in [6, 6.07) is 3.95. The van der Waals surface area contributed by atoms with Crippen LogP contribution in [0.1, 0.15) is 11.4 Å². The number of aromatic amines is 1. The van der Waals surface area contributed by atoms with Gasteiger partial charge in [-0.2, -0.15) is 5.10 Å². The fourth-order valence-corrected chi connectivity index (χ4v) is 2.47. The van der Waals surface area contributed by atoms with Gasteiger partial charge in [0.05, 0.1) is 11.6 Å². The minimum atomic E-state index is 0.581. The van der Waals surface area contributed by atoms with E-state index < -0.39 is 0 Å².